The first kappa shape index (κ1) is 18.9. The van der Waals surface area contributed by atoms with Crippen LogP contribution in [0.3, 0.4) is 0 Å². The molecule has 8 nitrogen and oxygen atoms in total. The number of benzene rings is 2. The summed E-state index contributed by atoms with van der Waals surface area (Å²) in [6.07, 6.45) is -2.79. The van der Waals surface area contributed by atoms with Crippen molar-refractivity contribution in [2.75, 3.05) is 12.4 Å². The number of hydrogen-bond donors (Lipinski definition) is 1. The van der Waals surface area contributed by atoms with Crippen LogP contribution in [0.5, 0.6) is 5.75 Å². The van der Waals surface area contributed by atoms with Gasteiger partial charge in [-0.25, -0.2) is 13.8 Å². The normalized spacial score (nSPS) is 11.6. The number of nitrogens with one attached hydrogen (secondary N) is 1. The second kappa shape index (κ2) is 7.01. The van der Waals surface area contributed by atoms with Gasteiger partial charge in [0.05, 0.1) is 12.8 Å². The van der Waals surface area contributed by atoms with Crippen molar-refractivity contribution in [2.24, 2.45) is 0 Å². The molecule has 0 atom stereocenters. The summed E-state index contributed by atoms with van der Waals surface area (Å²) >= 11 is 0. The molecule has 2 aromatic carbocycles. The number of fused-ring (bicyclic) bond motifs is 4. The van der Waals surface area contributed by atoms with Crippen LogP contribution in [0.1, 0.15) is 28.4 Å². The van der Waals surface area contributed by atoms with Crippen LogP contribution in [0.25, 0.3) is 27.7 Å². The predicted molar refractivity (Wildman–Crippen MR) is 109 cm³/mol. The van der Waals surface area contributed by atoms with Crippen LogP contribution in [0, 0.1) is 6.92 Å². The highest BCUT2D eigenvalue weighted by Crippen LogP contribution is 2.36. The SMILES string of the molecule is COc1cc2c(cc1NC(=O)c1nc3nc(C)cc(C(F)F)n3n1)oc1ccccc12. The van der Waals surface area contributed by atoms with Gasteiger partial charge in [-0.05, 0) is 25.1 Å². The summed E-state index contributed by atoms with van der Waals surface area (Å²) in [5.74, 6) is -0.678. The first-order valence-electron chi connectivity index (χ1n) is 9.27. The summed E-state index contributed by atoms with van der Waals surface area (Å²) in [6.45, 7) is 1.56. The Hall–Kier alpha value is -4.08. The Kier molecular flexibility index (Phi) is 4.28. The lowest BCUT2D eigenvalue weighted by Crippen LogP contribution is -2.14. The van der Waals surface area contributed by atoms with Crippen molar-refractivity contribution in [1.82, 2.24) is 19.6 Å². The van der Waals surface area contributed by atoms with Crippen LogP contribution < -0.4 is 10.1 Å². The number of aromatic nitrogens is 4. The van der Waals surface area contributed by atoms with E-state index in [-0.39, 0.29) is 11.6 Å². The number of carbonyl (C=O) groups excluding carboxylic acids is 1. The van der Waals surface area contributed by atoms with E-state index >= 15 is 0 Å². The Bertz CT molecular complexity index is 1470. The molecule has 0 aliphatic heterocycles. The molecule has 0 saturated carbocycles. The molecule has 0 unspecified atom stereocenters. The molecule has 1 amide bonds. The van der Waals surface area contributed by atoms with Crippen molar-refractivity contribution in [3.63, 3.8) is 0 Å². The summed E-state index contributed by atoms with van der Waals surface area (Å²) in [5, 5.41) is 8.32. The number of hydrogen-bond acceptors (Lipinski definition) is 6. The number of amides is 1. The van der Waals surface area contributed by atoms with Crippen LogP contribution in [0.15, 0.2) is 46.9 Å². The number of para-hydroxylation sites is 1. The highest BCUT2D eigenvalue weighted by atomic mass is 19.3. The lowest BCUT2D eigenvalue weighted by Gasteiger charge is -2.09. The fourth-order valence-electron chi connectivity index (χ4n) is 3.46. The molecule has 1 N–H and O–H groups in total. The van der Waals surface area contributed by atoms with E-state index in [2.05, 4.69) is 20.4 Å². The van der Waals surface area contributed by atoms with E-state index in [4.69, 9.17) is 9.15 Å². The second-order valence-electron chi connectivity index (χ2n) is 6.87. The number of nitrogens with zero attached hydrogens (tertiary/aromatic N) is 4. The number of alkyl halides is 2. The minimum Gasteiger partial charge on any atom is -0.495 e. The number of ether oxygens (including phenoxy) is 1. The van der Waals surface area contributed by atoms with E-state index in [0.29, 0.717) is 28.3 Å². The molecule has 156 valence electrons. The summed E-state index contributed by atoms with van der Waals surface area (Å²) in [4.78, 5) is 20.8. The van der Waals surface area contributed by atoms with E-state index in [1.165, 1.54) is 13.2 Å². The van der Waals surface area contributed by atoms with E-state index < -0.39 is 18.0 Å². The van der Waals surface area contributed by atoms with E-state index in [1.807, 2.05) is 24.3 Å². The Morgan fingerprint density at radius 2 is 1.94 bits per heavy atom. The van der Waals surface area contributed by atoms with Crippen molar-refractivity contribution in [3.05, 3.63) is 59.7 Å². The van der Waals surface area contributed by atoms with Crippen molar-refractivity contribution in [3.8, 4) is 5.75 Å². The zero-order valence-electron chi connectivity index (χ0n) is 16.4. The van der Waals surface area contributed by atoms with Gasteiger partial charge in [-0.3, -0.25) is 4.79 Å². The summed E-state index contributed by atoms with van der Waals surface area (Å²) in [6, 6.07) is 12.1. The molecule has 0 aliphatic carbocycles. The molecule has 0 bridgehead atoms. The molecule has 0 fully saturated rings. The van der Waals surface area contributed by atoms with Crippen molar-refractivity contribution >= 4 is 39.3 Å². The van der Waals surface area contributed by atoms with E-state index in [9.17, 15) is 13.6 Å². The van der Waals surface area contributed by atoms with Gasteiger partial charge in [-0.15, -0.1) is 5.10 Å². The average Bonchev–Trinajstić information content (AvgIpc) is 3.33. The Balaban J connectivity index is 1.55. The highest BCUT2D eigenvalue weighted by Gasteiger charge is 2.21. The molecule has 10 heteroatoms. The molecule has 31 heavy (non-hydrogen) atoms. The van der Waals surface area contributed by atoms with Crippen LogP contribution in [0.4, 0.5) is 14.5 Å². The zero-order valence-corrected chi connectivity index (χ0v) is 16.4. The maximum absolute atomic E-state index is 13.3. The molecule has 0 aliphatic rings. The largest absolute Gasteiger partial charge is 0.495 e. The maximum Gasteiger partial charge on any atom is 0.295 e. The van der Waals surface area contributed by atoms with Crippen LogP contribution in [0.2, 0.25) is 0 Å². The van der Waals surface area contributed by atoms with Gasteiger partial charge in [0, 0.05) is 22.5 Å². The number of anilines is 1. The summed E-state index contributed by atoms with van der Waals surface area (Å²) in [7, 11) is 1.48. The first-order chi connectivity index (χ1) is 14.9. The molecule has 3 heterocycles. The summed E-state index contributed by atoms with van der Waals surface area (Å²) < 4.78 is 38.8. The second-order valence-corrected chi connectivity index (χ2v) is 6.87. The van der Waals surface area contributed by atoms with Gasteiger partial charge in [0.2, 0.25) is 5.82 Å². The number of aryl methyl sites for hydroxylation is 1. The van der Waals surface area contributed by atoms with Crippen LogP contribution in [-0.2, 0) is 0 Å². The number of halogens is 2. The van der Waals surface area contributed by atoms with E-state index in [0.717, 1.165) is 15.3 Å². The van der Waals surface area contributed by atoms with Gasteiger partial charge in [0.25, 0.3) is 18.1 Å². The molecule has 5 rings (SSSR count). The highest BCUT2D eigenvalue weighted by molar-refractivity contribution is 6.09. The topological polar surface area (TPSA) is 94.5 Å². The van der Waals surface area contributed by atoms with Gasteiger partial charge in [-0.1, -0.05) is 18.2 Å². The average molecular weight is 423 g/mol. The third-order valence-electron chi connectivity index (χ3n) is 4.84. The predicted octanol–water partition coefficient (Wildman–Crippen LogP) is 4.53. The molecule has 0 spiro atoms. The Labute approximate surface area is 173 Å². The number of furan rings is 1. The maximum atomic E-state index is 13.3. The van der Waals surface area contributed by atoms with Gasteiger partial charge in [0.15, 0.2) is 0 Å². The van der Waals surface area contributed by atoms with Crippen molar-refractivity contribution < 1.29 is 22.7 Å². The molecular weight excluding hydrogens is 408 g/mol. The fraction of sp³-hybridized carbons (Fsp3) is 0.143. The number of rotatable bonds is 4. The molecular formula is C21H15F2N5O3. The Morgan fingerprint density at radius 1 is 1.13 bits per heavy atom. The first-order valence-corrected chi connectivity index (χ1v) is 9.27. The number of carbonyl (C=O) groups is 1. The van der Waals surface area contributed by atoms with Crippen molar-refractivity contribution in [1.29, 1.82) is 0 Å². The quantitative estimate of drug-likeness (QED) is 0.456. The molecule has 0 saturated heterocycles. The van der Waals surface area contributed by atoms with Crippen LogP contribution >= 0.6 is 0 Å². The lowest BCUT2D eigenvalue weighted by atomic mass is 10.1. The van der Waals surface area contributed by atoms with E-state index in [1.54, 1.807) is 19.1 Å². The molecule has 5 aromatic rings. The molecule has 0 radical (unpaired) electrons. The van der Waals surface area contributed by atoms with Gasteiger partial charge in [0.1, 0.15) is 22.6 Å². The smallest absolute Gasteiger partial charge is 0.295 e. The summed E-state index contributed by atoms with van der Waals surface area (Å²) in [5.41, 5.74) is 1.54. The number of methoxy groups -OCH3 is 1. The van der Waals surface area contributed by atoms with Gasteiger partial charge in [-0.2, -0.15) is 9.50 Å². The fourth-order valence-corrected chi connectivity index (χ4v) is 3.46. The standard InChI is InChI=1S/C21H15F2N5O3/c1-10-7-14(18(22)23)28-21(24-10)26-19(27-28)20(29)25-13-9-16-12(8-17(13)30-2)11-5-3-4-6-15(11)31-16/h3-9,18H,1-2H3,(H,25,29). The van der Waals surface area contributed by atoms with Gasteiger partial charge >= 0.3 is 0 Å². The van der Waals surface area contributed by atoms with Crippen molar-refractivity contribution in [2.45, 2.75) is 13.3 Å². The minimum atomic E-state index is -2.79. The lowest BCUT2D eigenvalue weighted by molar-refractivity contribution is 0.101. The Morgan fingerprint density at radius 3 is 2.71 bits per heavy atom. The van der Waals surface area contributed by atoms with Crippen LogP contribution in [-0.4, -0.2) is 32.6 Å². The monoisotopic (exact) mass is 423 g/mol. The zero-order chi connectivity index (χ0) is 21.7. The molecule has 3 aromatic heterocycles. The minimum absolute atomic E-state index is 0.0832. The third kappa shape index (κ3) is 3.12. The third-order valence-corrected chi connectivity index (χ3v) is 4.84. The van der Waals surface area contributed by atoms with Gasteiger partial charge < -0.3 is 14.5 Å².